The molecule has 29 heavy (non-hydrogen) atoms. The number of hydrogen-bond acceptors (Lipinski definition) is 5. The molecule has 1 fully saturated rings. The molecule has 1 aromatic rings. The molecule has 1 N–H and O–H groups in total. The van der Waals surface area contributed by atoms with Crippen molar-refractivity contribution in [1.29, 1.82) is 0 Å². The highest BCUT2D eigenvalue weighted by atomic mass is 32.2. The molecular formula is C20H32N2O5S2. The standard InChI is InChI=1S/C20H32N2O5S2/c1-15(2)21-29(26,27)19-7-5-17(6-8-19)13-20(23)22-11-9-18(10-12-22)14-28(24,25)16(3)4/h5-8,15-16,18,21H,9-14H2,1-4H3. The Balaban J connectivity index is 1.90. The first-order chi connectivity index (χ1) is 13.4. The summed E-state index contributed by atoms with van der Waals surface area (Å²) in [7, 11) is -6.61. The number of sulfonamides is 1. The minimum atomic E-state index is -3.55. The molecule has 0 spiro atoms. The van der Waals surface area contributed by atoms with Crippen molar-refractivity contribution in [3.8, 4) is 0 Å². The van der Waals surface area contributed by atoms with E-state index in [-0.39, 0.29) is 40.2 Å². The Kier molecular flexibility index (Phi) is 7.86. The lowest BCUT2D eigenvalue weighted by Crippen LogP contribution is -2.41. The first-order valence-corrected chi connectivity index (χ1v) is 13.2. The van der Waals surface area contributed by atoms with Crippen LogP contribution in [-0.4, -0.2) is 57.8 Å². The molecular weight excluding hydrogens is 412 g/mol. The average Bonchev–Trinajstić information content (AvgIpc) is 2.61. The Morgan fingerprint density at radius 3 is 2.07 bits per heavy atom. The third-order valence-corrected chi connectivity index (χ3v) is 9.18. The molecule has 0 unspecified atom stereocenters. The summed E-state index contributed by atoms with van der Waals surface area (Å²) in [5, 5.41) is -0.371. The van der Waals surface area contributed by atoms with E-state index in [2.05, 4.69) is 4.72 Å². The highest BCUT2D eigenvalue weighted by molar-refractivity contribution is 7.92. The molecule has 164 valence electrons. The topological polar surface area (TPSA) is 101 Å². The number of nitrogens with zero attached hydrogens (tertiary/aromatic N) is 1. The fraction of sp³-hybridized carbons (Fsp3) is 0.650. The number of sulfone groups is 1. The number of carbonyl (C=O) groups excluding carboxylic acids is 1. The number of amides is 1. The van der Waals surface area contributed by atoms with Crippen molar-refractivity contribution >= 4 is 25.8 Å². The number of benzene rings is 1. The lowest BCUT2D eigenvalue weighted by Gasteiger charge is -2.32. The molecule has 0 bridgehead atoms. The van der Waals surface area contributed by atoms with Gasteiger partial charge in [0.2, 0.25) is 15.9 Å². The summed E-state index contributed by atoms with van der Waals surface area (Å²) in [6, 6.07) is 6.15. The smallest absolute Gasteiger partial charge is 0.240 e. The van der Waals surface area contributed by atoms with Gasteiger partial charge in [0.15, 0.2) is 9.84 Å². The molecule has 1 saturated heterocycles. The Bertz CT molecular complexity index is 899. The third-order valence-electron chi connectivity index (χ3n) is 5.13. The van der Waals surface area contributed by atoms with Crippen LogP contribution < -0.4 is 4.72 Å². The second-order valence-electron chi connectivity index (χ2n) is 8.30. The Morgan fingerprint density at radius 1 is 1.03 bits per heavy atom. The zero-order valence-electron chi connectivity index (χ0n) is 17.6. The van der Waals surface area contributed by atoms with E-state index in [1.54, 1.807) is 44.7 Å². The van der Waals surface area contributed by atoms with E-state index in [4.69, 9.17) is 0 Å². The van der Waals surface area contributed by atoms with Gasteiger partial charge in [-0.25, -0.2) is 21.6 Å². The van der Waals surface area contributed by atoms with Crippen molar-refractivity contribution in [2.24, 2.45) is 5.92 Å². The number of hydrogen-bond donors (Lipinski definition) is 1. The highest BCUT2D eigenvalue weighted by Gasteiger charge is 2.28. The van der Waals surface area contributed by atoms with Gasteiger partial charge in [-0.15, -0.1) is 0 Å². The Morgan fingerprint density at radius 2 is 1.59 bits per heavy atom. The van der Waals surface area contributed by atoms with E-state index in [0.29, 0.717) is 25.9 Å². The van der Waals surface area contributed by atoms with Crippen LogP contribution in [0.3, 0.4) is 0 Å². The third kappa shape index (κ3) is 6.79. The van der Waals surface area contributed by atoms with Crippen molar-refractivity contribution in [2.45, 2.75) is 63.1 Å². The minimum Gasteiger partial charge on any atom is -0.342 e. The number of likely N-dealkylation sites (tertiary alicyclic amines) is 1. The van der Waals surface area contributed by atoms with Gasteiger partial charge in [-0.05, 0) is 64.2 Å². The van der Waals surface area contributed by atoms with Crippen molar-refractivity contribution in [3.05, 3.63) is 29.8 Å². The van der Waals surface area contributed by atoms with Crippen LogP contribution >= 0.6 is 0 Å². The number of nitrogens with one attached hydrogen (secondary N) is 1. The lowest BCUT2D eigenvalue weighted by atomic mass is 9.98. The maximum atomic E-state index is 12.6. The van der Waals surface area contributed by atoms with E-state index >= 15 is 0 Å². The Labute approximate surface area is 174 Å². The maximum absolute atomic E-state index is 12.6. The number of rotatable bonds is 8. The predicted molar refractivity (Wildman–Crippen MR) is 114 cm³/mol. The molecule has 0 atom stereocenters. The molecule has 2 rings (SSSR count). The summed E-state index contributed by atoms with van der Waals surface area (Å²) in [5.74, 6) is 0.267. The van der Waals surface area contributed by atoms with Crippen molar-refractivity contribution in [1.82, 2.24) is 9.62 Å². The monoisotopic (exact) mass is 444 g/mol. The molecule has 1 heterocycles. The van der Waals surface area contributed by atoms with Crippen LogP contribution in [0.15, 0.2) is 29.2 Å². The molecule has 1 amide bonds. The molecule has 0 radical (unpaired) electrons. The van der Waals surface area contributed by atoms with Gasteiger partial charge < -0.3 is 4.90 Å². The van der Waals surface area contributed by atoms with Crippen LogP contribution in [0.4, 0.5) is 0 Å². The summed E-state index contributed by atoms with van der Waals surface area (Å²) < 4.78 is 51.0. The first-order valence-electron chi connectivity index (χ1n) is 10.0. The van der Waals surface area contributed by atoms with Gasteiger partial charge >= 0.3 is 0 Å². The predicted octanol–water partition coefficient (Wildman–Crippen LogP) is 1.98. The number of carbonyl (C=O) groups is 1. The minimum absolute atomic E-state index is 0.0221. The zero-order chi connectivity index (χ0) is 21.8. The zero-order valence-corrected chi connectivity index (χ0v) is 19.2. The summed E-state index contributed by atoms with van der Waals surface area (Å²) in [5.41, 5.74) is 0.753. The van der Waals surface area contributed by atoms with Crippen LogP contribution in [0.1, 0.15) is 46.1 Å². The second-order valence-corrected chi connectivity index (χ2v) is 12.6. The molecule has 1 aromatic carbocycles. The van der Waals surface area contributed by atoms with E-state index in [9.17, 15) is 21.6 Å². The quantitative estimate of drug-likeness (QED) is 0.661. The van der Waals surface area contributed by atoms with Crippen LogP contribution in [-0.2, 0) is 31.1 Å². The maximum Gasteiger partial charge on any atom is 0.240 e. The van der Waals surface area contributed by atoms with Crippen molar-refractivity contribution < 1.29 is 21.6 Å². The van der Waals surface area contributed by atoms with E-state index in [0.717, 1.165) is 5.56 Å². The van der Waals surface area contributed by atoms with Crippen LogP contribution in [0.5, 0.6) is 0 Å². The van der Waals surface area contributed by atoms with Gasteiger partial charge in [0.1, 0.15) is 0 Å². The van der Waals surface area contributed by atoms with Gasteiger partial charge in [-0.1, -0.05) is 12.1 Å². The average molecular weight is 445 g/mol. The Hall–Kier alpha value is -1.45. The van der Waals surface area contributed by atoms with E-state index < -0.39 is 19.9 Å². The molecule has 0 aliphatic carbocycles. The van der Waals surface area contributed by atoms with Crippen LogP contribution in [0.25, 0.3) is 0 Å². The van der Waals surface area contributed by atoms with Gasteiger partial charge in [-0.2, -0.15) is 0 Å². The van der Waals surface area contributed by atoms with Gasteiger partial charge in [-0.3, -0.25) is 4.79 Å². The summed E-state index contributed by atoms with van der Waals surface area (Å²) in [6.45, 7) is 8.02. The van der Waals surface area contributed by atoms with Gasteiger partial charge in [0.25, 0.3) is 0 Å². The van der Waals surface area contributed by atoms with Crippen molar-refractivity contribution in [2.75, 3.05) is 18.8 Å². The molecule has 9 heteroatoms. The van der Waals surface area contributed by atoms with Gasteiger partial charge in [0.05, 0.1) is 22.3 Å². The molecule has 0 saturated carbocycles. The highest BCUT2D eigenvalue weighted by Crippen LogP contribution is 2.21. The van der Waals surface area contributed by atoms with E-state index in [1.165, 1.54) is 12.1 Å². The largest absolute Gasteiger partial charge is 0.342 e. The lowest BCUT2D eigenvalue weighted by molar-refractivity contribution is -0.131. The number of piperidine rings is 1. The molecule has 1 aliphatic heterocycles. The molecule has 1 aliphatic rings. The van der Waals surface area contributed by atoms with Crippen LogP contribution in [0, 0.1) is 5.92 Å². The molecule has 7 nitrogen and oxygen atoms in total. The first kappa shape index (κ1) is 23.8. The fourth-order valence-corrected chi connectivity index (χ4v) is 5.95. The summed E-state index contributed by atoms with van der Waals surface area (Å²) >= 11 is 0. The van der Waals surface area contributed by atoms with Crippen LogP contribution in [0.2, 0.25) is 0 Å². The normalized spacial score (nSPS) is 16.6. The SMILES string of the molecule is CC(C)NS(=O)(=O)c1ccc(CC(=O)N2CCC(CS(=O)(=O)C(C)C)CC2)cc1. The summed E-state index contributed by atoms with van der Waals surface area (Å²) in [4.78, 5) is 14.5. The molecule has 0 aromatic heterocycles. The fourth-order valence-electron chi connectivity index (χ4n) is 3.32. The van der Waals surface area contributed by atoms with Crippen molar-refractivity contribution in [3.63, 3.8) is 0 Å². The second kappa shape index (κ2) is 9.57. The van der Waals surface area contributed by atoms with E-state index in [1.807, 2.05) is 0 Å². The van der Waals surface area contributed by atoms with Gasteiger partial charge in [0, 0.05) is 19.1 Å². The summed E-state index contributed by atoms with van der Waals surface area (Å²) in [6.07, 6.45) is 1.58.